The second-order valence-corrected chi connectivity index (χ2v) is 6.97. The highest BCUT2D eigenvalue weighted by molar-refractivity contribution is 6.00. The third kappa shape index (κ3) is 4.28. The van der Waals surface area contributed by atoms with Crippen LogP contribution >= 0.6 is 0 Å². The molecule has 7 heteroatoms. The topological polar surface area (TPSA) is 84.7 Å². The highest BCUT2D eigenvalue weighted by Gasteiger charge is 2.24. The van der Waals surface area contributed by atoms with Crippen LogP contribution in [0.1, 0.15) is 43.0 Å². The van der Waals surface area contributed by atoms with Crippen LogP contribution in [-0.2, 0) is 4.74 Å². The van der Waals surface area contributed by atoms with Gasteiger partial charge in [0.1, 0.15) is 0 Å². The van der Waals surface area contributed by atoms with Crippen molar-refractivity contribution in [2.75, 3.05) is 31.1 Å². The van der Waals surface area contributed by atoms with Crippen LogP contribution in [0.2, 0.25) is 0 Å². The van der Waals surface area contributed by atoms with E-state index in [1.807, 2.05) is 0 Å². The summed E-state index contributed by atoms with van der Waals surface area (Å²) in [6, 6.07) is 4.57. The normalized spacial score (nSPS) is 21.3. The predicted molar refractivity (Wildman–Crippen MR) is 95.0 cm³/mol. The van der Waals surface area contributed by atoms with Gasteiger partial charge >= 0.3 is 0 Å². The molecule has 1 amide bonds. The zero-order chi connectivity index (χ0) is 17.8. The highest BCUT2D eigenvalue weighted by atomic mass is 16.6. The number of piperidine rings is 1. The van der Waals surface area contributed by atoms with Crippen LogP contribution < -0.4 is 10.2 Å². The van der Waals surface area contributed by atoms with Crippen LogP contribution in [-0.4, -0.2) is 43.2 Å². The molecule has 2 heterocycles. The van der Waals surface area contributed by atoms with Gasteiger partial charge in [0.2, 0.25) is 0 Å². The molecule has 136 valence electrons. The Hall–Kier alpha value is -2.15. The Morgan fingerprint density at radius 1 is 1.36 bits per heavy atom. The number of amides is 1. The van der Waals surface area contributed by atoms with Gasteiger partial charge in [-0.15, -0.1) is 0 Å². The fraction of sp³-hybridized carbons (Fsp3) is 0.611. The summed E-state index contributed by atoms with van der Waals surface area (Å²) in [6.07, 6.45) is 4.12. The summed E-state index contributed by atoms with van der Waals surface area (Å²) < 4.78 is 5.53. The fourth-order valence-electron chi connectivity index (χ4n) is 3.45. The molecule has 1 aromatic rings. The van der Waals surface area contributed by atoms with Crippen molar-refractivity contribution in [3.05, 3.63) is 33.9 Å². The van der Waals surface area contributed by atoms with E-state index in [1.165, 1.54) is 12.1 Å². The van der Waals surface area contributed by atoms with Crippen molar-refractivity contribution < 1.29 is 14.5 Å². The Labute approximate surface area is 147 Å². The first kappa shape index (κ1) is 17.7. The lowest BCUT2D eigenvalue weighted by Gasteiger charge is -2.33. The first-order valence-electron chi connectivity index (χ1n) is 8.98. The number of carbonyl (C=O) groups is 1. The molecule has 0 radical (unpaired) electrons. The molecule has 0 aromatic heterocycles. The lowest BCUT2D eigenvalue weighted by Crippen LogP contribution is -2.36. The summed E-state index contributed by atoms with van der Waals surface area (Å²) in [5.74, 6) is 0.402. The quantitative estimate of drug-likeness (QED) is 0.654. The zero-order valence-electron chi connectivity index (χ0n) is 14.6. The second-order valence-electron chi connectivity index (χ2n) is 6.97. The van der Waals surface area contributed by atoms with Gasteiger partial charge in [-0.1, -0.05) is 6.92 Å². The number of benzene rings is 1. The maximum atomic E-state index is 12.7. The maximum absolute atomic E-state index is 12.7. The predicted octanol–water partition coefficient (Wildman–Crippen LogP) is 2.74. The summed E-state index contributed by atoms with van der Waals surface area (Å²) in [5.41, 5.74) is 1.10. The van der Waals surface area contributed by atoms with Gasteiger partial charge < -0.3 is 15.0 Å². The number of anilines is 1. The van der Waals surface area contributed by atoms with E-state index in [9.17, 15) is 14.9 Å². The van der Waals surface area contributed by atoms with E-state index in [0.29, 0.717) is 18.0 Å². The summed E-state index contributed by atoms with van der Waals surface area (Å²) in [6.45, 7) is 5.13. The number of non-ortho nitro benzene ring substituents is 1. The minimum Gasteiger partial charge on any atom is -0.376 e. The molecule has 1 atom stereocenters. The minimum atomic E-state index is -0.459. The molecular weight excluding hydrogens is 322 g/mol. The number of nitro groups is 1. The molecule has 3 rings (SSSR count). The Bertz CT molecular complexity index is 635. The van der Waals surface area contributed by atoms with Crippen molar-refractivity contribution in [2.45, 2.75) is 38.7 Å². The number of hydrogen-bond acceptors (Lipinski definition) is 5. The number of rotatable bonds is 5. The van der Waals surface area contributed by atoms with E-state index in [2.05, 4.69) is 17.1 Å². The van der Waals surface area contributed by atoms with Crippen LogP contribution in [0, 0.1) is 16.0 Å². The van der Waals surface area contributed by atoms with Crippen molar-refractivity contribution in [3.8, 4) is 0 Å². The van der Waals surface area contributed by atoms with Crippen LogP contribution in [0.3, 0.4) is 0 Å². The number of ether oxygens (including phenoxy) is 1. The number of hydrogen-bond donors (Lipinski definition) is 1. The molecule has 0 spiro atoms. The number of carbonyl (C=O) groups excluding carboxylic acids is 1. The van der Waals surface area contributed by atoms with Gasteiger partial charge in [-0.2, -0.15) is 0 Å². The van der Waals surface area contributed by atoms with Crippen LogP contribution in [0.5, 0.6) is 0 Å². The number of nitrogens with one attached hydrogen (secondary N) is 1. The first-order chi connectivity index (χ1) is 12.0. The van der Waals surface area contributed by atoms with E-state index in [1.54, 1.807) is 6.07 Å². The van der Waals surface area contributed by atoms with Gasteiger partial charge in [0.25, 0.3) is 11.6 Å². The Morgan fingerprint density at radius 3 is 2.76 bits per heavy atom. The SMILES string of the molecule is CC1CCN(c2ccc([N+](=O)[O-])cc2C(=O)NC[C@@H]2CCCO2)CC1. The van der Waals surface area contributed by atoms with Gasteiger partial charge in [0, 0.05) is 38.4 Å². The molecule has 0 unspecified atom stereocenters. The largest absolute Gasteiger partial charge is 0.376 e. The third-order valence-corrected chi connectivity index (χ3v) is 5.07. The average molecular weight is 347 g/mol. The molecule has 2 saturated heterocycles. The number of nitro benzene ring substituents is 1. The second kappa shape index (κ2) is 7.82. The van der Waals surface area contributed by atoms with E-state index in [4.69, 9.17) is 4.74 Å². The smallest absolute Gasteiger partial charge is 0.270 e. The summed E-state index contributed by atoms with van der Waals surface area (Å²) in [5, 5.41) is 14.0. The molecule has 1 N–H and O–H groups in total. The Kier molecular flexibility index (Phi) is 5.53. The van der Waals surface area contributed by atoms with Crippen molar-refractivity contribution >= 4 is 17.3 Å². The standard InChI is InChI=1S/C18H25N3O4/c1-13-6-8-20(9-7-13)17-5-4-14(21(23)24)11-16(17)18(22)19-12-15-3-2-10-25-15/h4-5,11,13,15H,2-3,6-10,12H2,1H3,(H,19,22)/t15-/m0/s1. The van der Waals surface area contributed by atoms with Gasteiger partial charge in [-0.25, -0.2) is 0 Å². The number of nitrogens with zero attached hydrogens (tertiary/aromatic N) is 2. The van der Waals surface area contributed by atoms with Gasteiger partial charge in [0.05, 0.1) is 22.3 Å². The summed E-state index contributed by atoms with van der Waals surface area (Å²) in [4.78, 5) is 25.5. The van der Waals surface area contributed by atoms with E-state index in [0.717, 1.165) is 51.1 Å². The van der Waals surface area contributed by atoms with E-state index < -0.39 is 4.92 Å². The van der Waals surface area contributed by atoms with Gasteiger partial charge in [-0.05, 0) is 37.7 Å². The molecule has 0 bridgehead atoms. The Morgan fingerprint density at radius 2 is 2.12 bits per heavy atom. The maximum Gasteiger partial charge on any atom is 0.270 e. The monoisotopic (exact) mass is 347 g/mol. The van der Waals surface area contributed by atoms with E-state index in [-0.39, 0.29) is 17.7 Å². The minimum absolute atomic E-state index is 0.0435. The highest BCUT2D eigenvalue weighted by Crippen LogP contribution is 2.29. The van der Waals surface area contributed by atoms with Crippen molar-refractivity contribution in [1.82, 2.24) is 5.32 Å². The van der Waals surface area contributed by atoms with Gasteiger partial charge in [-0.3, -0.25) is 14.9 Å². The molecule has 0 saturated carbocycles. The van der Waals surface area contributed by atoms with Crippen molar-refractivity contribution in [2.24, 2.45) is 5.92 Å². The fourth-order valence-corrected chi connectivity index (χ4v) is 3.45. The van der Waals surface area contributed by atoms with Crippen LogP contribution in [0.15, 0.2) is 18.2 Å². The molecule has 2 aliphatic rings. The summed E-state index contributed by atoms with van der Waals surface area (Å²) in [7, 11) is 0. The van der Waals surface area contributed by atoms with E-state index >= 15 is 0 Å². The molecule has 7 nitrogen and oxygen atoms in total. The lowest BCUT2D eigenvalue weighted by atomic mass is 9.98. The van der Waals surface area contributed by atoms with Crippen molar-refractivity contribution in [1.29, 1.82) is 0 Å². The zero-order valence-corrected chi connectivity index (χ0v) is 14.6. The molecular formula is C18H25N3O4. The van der Waals surface area contributed by atoms with Crippen LogP contribution in [0.25, 0.3) is 0 Å². The molecule has 1 aromatic carbocycles. The molecule has 25 heavy (non-hydrogen) atoms. The van der Waals surface area contributed by atoms with Gasteiger partial charge in [0.15, 0.2) is 0 Å². The summed E-state index contributed by atoms with van der Waals surface area (Å²) >= 11 is 0. The third-order valence-electron chi connectivity index (χ3n) is 5.07. The lowest BCUT2D eigenvalue weighted by molar-refractivity contribution is -0.384. The average Bonchev–Trinajstić information content (AvgIpc) is 3.13. The van der Waals surface area contributed by atoms with Crippen LogP contribution in [0.4, 0.5) is 11.4 Å². The molecule has 2 aliphatic heterocycles. The molecule has 0 aliphatic carbocycles. The molecule has 2 fully saturated rings. The first-order valence-corrected chi connectivity index (χ1v) is 8.98. The van der Waals surface area contributed by atoms with Crippen molar-refractivity contribution in [3.63, 3.8) is 0 Å². The Balaban J connectivity index is 1.79.